The van der Waals surface area contributed by atoms with Crippen LogP contribution < -0.4 is 9.80 Å². The van der Waals surface area contributed by atoms with E-state index >= 15 is 0 Å². The molecule has 1 aliphatic rings. The Morgan fingerprint density at radius 3 is 2.67 bits per heavy atom. The lowest BCUT2D eigenvalue weighted by molar-refractivity contribution is 0.112. The second-order valence-electron chi connectivity index (χ2n) is 4.19. The van der Waals surface area contributed by atoms with Gasteiger partial charge in [-0.15, -0.1) is 0 Å². The Bertz CT molecular complexity index is 626. The largest absolute Gasteiger partial charge is 0.339 e. The second-order valence-corrected chi connectivity index (χ2v) is 4.19. The predicted molar refractivity (Wildman–Crippen MR) is 70.0 cm³/mol. The Kier molecular flexibility index (Phi) is 2.26. The lowest BCUT2D eigenvalue weighted by Crippen LogP contribution is -2.26. The van der Waals surface area contributed by atoms with Crippen LogP contribution in [0.4, 0.5) is 23.0 Å². The molecule has 0 aromatic carbocycles. The minimum atomic E-state index is 0.571. The number of carbonyl (C=O) groups is 1. The van der Waals surface area contributed by atoms with Gasteiger partial charge in [0.1, 0.15) is 0 Å². The molecule has 0 spiro atoms. The Hall–Kier alpha value is -2.43. The van der Waals surface area contributed by atoms with Crippen LogP contribution in [0.2, 0.25) is 0 Å². The van der Waals surface area contributed by atoms with Crippen LogP contribution in [0.25, 0.3) is 0 Å². The van der Waals surface area contributed by atoms with Crippen LogP contribution in [0.5, 0.6) is 0 Å². The molecule has 2 aromatic heterocycles. The van der Waals surface area contributed by atoms with Crippen LogP contribution in [0.15, 0.2) is 30.6 Å². The SMILES string of the molecule is CN1c2cccnc2N(C)c2ncc(C=O)cc21. The molecule has 0 aliphatic carbocycles. The monoisotopic (exact) mass is 240 g/mol. The summed E-state index contributed by atoms with van der Waals surface area (Å²) in [5.41, 5.74) is 2.47. The van der Waals surface area contributed by atoms with Crippen LogP contribution in [-0.4, -0.2) is 30.3 Å². The molecule has 0 saturated carbocycles. The Morgan fingerprint density at radius 2 is 1.89 bits per heavy atom. The lowest BCUT2D eigenvalue weighted by atomic mass is 10.2. The van der Waals surface area contributed by atoms with E-state index in [4.69, 9.17) is 0 Å². The maximum absolute atomic E-state index is 10.8. The lowest BCUT2D eigenvalue weighted by Gasteiger charge is -2.34. The third-order valence-electron chi connectivity index (χ3n) is 3.13. The molecule has 0 N–H and O–H groups in total. The molecular weight excluding hydrogens is 228 g/mol. The topological polar surface area (TPSA) is 49.3 Å². The van der Waals surface area contributed by atoms with Gasteiger partial charge in [0.25, 0.3) is 0 Å². The highest BCUT2D eigenvalue weighted by atomic mass is 16.1. The fourth-order valence-corrected chi connectivity index (χ4v) is 2.17. The highest BCUT2D eigenvalue weighted by Crippen LogP contribution is 2.43. The third-order valence-corrected chi connectivity index (χ3v) is 3.13. The number of nitrogens with zero attached hydrogens (tertiary/aromatic N) is 4. The van der Waals surface area contributed by atoms with Gasteiger partial charge in [-0.3, -0.25) is 4.79 Å². The van der Waals surface area contributed by atoms with E-state index in [1.165, 1.54) is 0 Å². The van der Waals surface area contributed by atoms with E-state index in [1.54, 1.807) is 12.4 Å². The molecule has 0 amide bonds. The predicted octanol–water partition coefficient (Wildman–Crippen LogP) is 2.14. The van der Waals surface area contributed by atoms with Gasteiger partial charge < -0.3 is 9.80 Å². The first-order chi connectivity index (χ1) is 8.72. The van der Waals surface area contributed by atoms with Crippen LogP contribution >= 0.6 is 0 Å². The minimum absolute atomic E-state index is 0.571. The molecule has 90 valence electrons. The Morgan fingerprint density at radius 1 is 1.11 bits per heavy atom. The molecule has 0 unspecified atom stereocenters. The van der Waals surface area contributed by atoms with Crippen molar-refractivity contribution in [3.63, 3.8) is 0 Å². The molecule has 0 bridgehead atoms. The number of aromatic nitrogens is 2. The van der Waals surface area contributed by atoms with Crippen molar-refractivity contribution < 1.29 is 4.79 Å². The van der Waals surface area contributed by atoms with E-state index in [1.807, 2.05) is 42.1 Å². The van der Waals surface area contributed by atoms with Gasteiger partial charge in [-0.05, 0) is 18.2 Å². The Balaban J connectivity index is 2.23. The zero-order valence-corrected chi connectivity index (χ0v) is 10.2. The smallest absolute Gasteiger partial charge is 0.158 e. The number of aldehydes is 1. The van der Waals surface area contributed by atoms with Gasteiger partial charge in [0, 0.05) is 32.1 Å². The summed E-state index contributed by atoms with van der Waals surface area (Å²) >= 11 is 0. The molecule has 0 radical (unpaired) electrons. The Labute approximate surface area is 105 Å². The van der Waals surface area contributed by atoms with Gasteiger partial charge in [0.05, 0.1) is 11.4 Å². The van der Waals surface area contributed by atoms with E-state index in [2.05, 4.69) is 9.97 Å². The van der Waals surface area contributed by atoms with Crippen LogP contribution in [0, 0.1) is 0 Å². The first kappa shape index (κ1) is 10.7. The molecule has 0 fully saturated rings. The van der Waals surface area contributed by atoms with Gasteiger partial charge in [0.15, 0.2) is 17.9 Å². The molecule has 3 heterocycles. The number of fused-ring (bicyclic) bond motifs is 2. The summed E-state index contributed by atoms with van der Waals surface area (Å²) in [6.45, 7) is 0. The minimum Gasteiger partial charge on any atom is -0.339 e. The summed E-state index contributed by atoms with van der Waals surface area (Å²) < 4.78 is 0. The first-order valence-electron chi connectivity index (χ1n) is 5.60. The quantitative estimate of drug-likeness (QED) is 0.715. The zero-order valence-electron chi connectivity index (χ0n) is 10.2. The van der Waals surface area contributed by atoms with Crippen molar-refractivity contribution in [1.82, 2.24) is 9.97 Å². The number of hydrogen-bond donors (Lipinski definition) is 0. The highest BCUT2D eigenvalue weighted by molar-refractivity contribution is 5.91. The van der Waals surface area contributed by atoms with E-state index in [-0.39, 0.29) is 0 Å². The summed E-state index contributed by atoms with van der Waals surface area (Å²) in [5, 5.41) is 0. The van der Waals surface area contributed by atoms with Gasteiger partial charge in [0.2, 0.25) is 0 Å². The third kappa shape index (κ3) is 1.37. The zero-order chi connectivity index (χ0) is 12.7. The molecule has 2 aromatic rings. The summed E-state index contributed by atoms with van der Waals surface area (Å²) in [4.78, 5) is 23.5. The fraction of sp³-hybridized carbons (Fsp3) is 0.154. The average Bonchev–Trinajstić information content (AvgIpc) is 2.44. The molecule has 3 rings (SSSR count). The van der Waals surface area contributed by atoms with Gasteiger partial charge in [-0.25, -0.2) is 9.97 Å². The van der Waals surface area contributed by atoms with Gasteiger partial charge in [-0.2, -0.15) is 0 Å². The standard InChI is InChI=1S/C13H12N4O/c1-16-10-4-3-5-14-12(10)17(2)13-11(16)6-9(8-18)7-15-13/h3-8H,1-2H3. The van der Waals surface area contributed by atoms with Crippen molar-refractivity contribution in [2.24, 2.45) is 0 Å². The summed E-state index contributed by atoms with van der Waals surface area (Å²) in [7, 11) is 3.87. The molecule has 5 nitrogen and oxygen atoms in total. The van der Waals surface area contributed by atoms with Crippen LogP contribution in [-0.2, 0) is 0 Å². The second kappa shape index (κ2) is 3.80. The number of carbonyl (C=O) groups excluding carboxylic acids is 1. The normalized spacial score (nSPS) is 13.0. The van der Waals surface area contributed by atoms with E-state index in [0.717, 1.165) is 29.3 Å². The summed E-state index contributed by atoms with van der Waals surface area (Å²) in [5.74, 6) is 1.66. The van der Waals surface area contributed by atoms with Crippen molar-refractivity contribution in [1.29, 1.82) is 0 Å². The number of rotatable bonds is 1. The van der Waals surface area contributed by atoms with Crippen LogP contribution in [0.3, 0.4) is 0 Å². The van der Waals surface area contributed by atoms with Crippen molar-refractivity contribution in [2.45, 2.75) is 0 Å². The summed E-state index contributed by atoms with van der Waals surface area (Å²) in [6.07, 6.45) is 4.14. The van der Waals surface area contributed by atoms with E-state index in [9.17, 15) is 4.79 Å². The van der Waals surface area contributed by atoms with Crippen molar-refractivity contribution in [3.8, 4) is 0 Å². The van der Waals surface area contributed by atoms with Gasteiger partial charge >= 0.3 is 0 Å². The highest BCUT2D eigenvalue weighted by Gasteiger charge is 2.26. The molecule has 0 atom stereocenters. The first-order valence-corrected chi connectivity index (χ1v) is 5.60. The maximum Gasteiger partial charge on any atom is 0.158 e. The summed E-state index contributed by atoms with van der Waals surface area (Å²) in [6, 6.07) is 5.72. The number of anilines is 4. The molecule has 5 heteroatoms. The molecule has 1 aliphatic heterocycles. The van der Waals surface area contributed by atoms with Crippen molar-refractivity contribution in [2.75, 3.05) is 23.9 Å². The molecule has 18 heavy (non-hydrogen) atoms. The van der Waals surface area contributed by atoms with E-state index < -0.39 is 0 Å². The number of pyridine rings is 2. The fourth-order valence-electron chi connectivity index (χ4n) is 2.17. The molecule has 0 saturated heterocycles. The van der Waals surface area contributed by atoms with Crippen molar-refractivity contribution >= 4 is 29.3 Å². The van der Waals surface area contributed by atoms with Gasteiger partial charge in [-0.1, -0.05) is 0 Å². The van der Waals surface area contributed by atoms with Crippen LogP contribution in [0.1, 0.15) is 10.4 Å². The van der Waals surface area contributed by atoms with Crippen molar-refractivity contribution in [3.05, 3.63) is 36.2 Å². The molecular formula is C13H12N4O. The average molecular weight is 240 g/mol. The maximum atomic E-state index is 10.8. The number of hydrogen-bond acceptors (Lipinski definition) is 5. The van der Waals surface area contributed by atoms with E-state index in [0.29, 0.717) is 5.56 Å².